The van der Waals surface area contributed by atoms with Crippen molar-refractivity contribution in [2.75, 3.05) is 44.4 Å². The Morgan fingerprint density at radius 3 is 2.86 bits per heavy atom. The molecule has 5 nitrogen and oxygen atoms in total. The normalized spacial score (nSPS) is 19.3. The lowest BCUT2D eigenvalue weighted by Gasteiger charge is -2.36. The van der Waals surface area contributed by atoms with Crippen molar-refractivity contribution in [1.29, 1.82) is 0 Å². The maximum atomic E-state index is 5.97. The Kier molecular flexibility index (Phi) is 5.28. The Hall–Kier alpha value is -1.49. The Morgan fingerprint density at radius 2 is 2.19 bits per heavy atom. The van der Waals surface area contributed by atoms with Crippen LogP contribution in [0.15, 0.2) is 12.1 Å². The maximum Gasteiger partial charge on any atom is 0.239 e. The van der Waals surface area contributed by atoms with Crippen LogP contribution in [0.4, 0.5) is 11.5 Å². The second kappa shape index (κ2) is 6.98. The highest BCUT2D eigenvalue weighted by atomic mass is 16.5. The van der Waals surface area contributed by atoms with Crippen molar-refractivity contribution in [2.24, 2.45) is 5.92 Å². The fourth-order valence-electron chi connectivity index (χ4n) is 2.56. The monoisotopic (exact) mass is 292 g/mol. The molecule has 1 aromatic rings. The molecule has 1 fully saturated rings. The van der Waals surface area contributed by atoms with Crippen LogP contribution >= 0.6 is 0 Å². The van der Waals surface area contributed by atoms with Gasteiger partial charge in [-0.25, -0.2) is 0 Å². The molecule has 1 aliphatic rings. The smallest absolute Gasteiger partial charge is 0.239 e. The number of pyridine rings is 1. The highest BCUT2D eigenvalue weighted by molar-refractivity contribution is 5.54. The molecule has 1 atom stereocenters. The number of ether oxygens (including phenoxy) is 1. The first-order valence-corrected chi connectivity index (χ1v) is 7.78. The van der Waals surface area contributed by atoms with Crippen molar-refractivity contribution >= 4 is 11.5 Å². The molecular weight excluding hydrogens is 264 g/mol. The number of nitrogens with two attached hydrogens (primary N) is 1. The summed E-state index contributed by atoms with van der Waals surface area (Å²) >= 11 is 0. The summed E-state index contributed by atoms with van der Waals surface area (Å²) in [5.74, 6) is 1.99. The van der Waals surface area contributed by atoms with Gasteiger partial charge in [0.2, 0.25) is 5.88 Å². The summed E-state index contributed by atoms with van der Waals surface area (Å²) < 4.78 is 5.73. The van der Waals surface area contributed by atoms with E-state index in [1.54, 1.807) is 0 Å². The summed E-state index contributed by atoms with van der Waals surface area (Å²) in [6, 6.07) is 4.48. The van der Waals surface area contributed by atoms with Crippen molar-refractivity contribution in [3.05, 3.63) is 12.1 Å². The quantitative estimate of drug-likeness (QED) is 0.902. The van der Waals surface area contributed by atoms with Gasteiger partial charge in [-0.2, -0.15) is 4.98 Å². The number of anilines is 2. The number of hydrogen-bond donors (Lipinski definition) is 1. The van der Waals surface area contributed by atoms with Crippen LogP contribution in [0.5, 0.6) is 5.88 Å². The molecule has 0 aliphatic carbocycles. The van der Waals surface area contributed by atoms with Gasteiger partial charge in [-0.15, -0.1) is 0 Å². The first-order chi connectivity index (χ1) is 9.97. The van der Waals surface area contributed by atoms with Gasteiger partial charge in [0.25, 0.3) is 0 Å². The van der Waals surface area contributed by atoms with Crippen molar-refractivity contribution in [2.45, 2.75) is 32.7 Å². The zero-order chi connectivity index (χ0) is 15.4. The molecule has 21 heavy (non-hydrogen) atoms. The molecule has 0 saturated carbocycles. The second-order valence-corrected chi connectivity index (χ2v) is 6.47. The second-order valence-electron chi connectivity index (χ2n) is 6.47. The van der Waals surface area contributed by atoms with Gasteiger partial charge in [0, 0.05) is 19.1 Å². The van der Waals surface area contributed by atoms with Gasteiger partial charge in [-0.05, 0) is 45.0 Å². The minimum absolute atomic E-state index is 0.461. The summed E-state index contributed by atoms with van der Waals surface area (Å²) in [6.45, 7) is 6.93. The molecule has 118 valence electrons. The fraction of sp³-hybridized carbons (Fsp3) is 0.688. The van der Waals surface area contributed by atoms with Crippen LogP contribution in [0.2, 0.25) is 0 Å². The molecule has 0 bridgehead atoms. The summed E-state index contributed by atoms with van der Waals surface area (Å²) in [5.41, 5.74) is 6.58. The van der Waals surface area contributed by atoms with Gasteiger partial charge in [0.15, 0.2) is 0 Å². The van der Waals surface area contributed by atoms with Crippen LogP contribution in [-0.4, -0.2) is 49.7 Å². The predicted molar refractivity (Wildman–Crippen MR) is 87.9 cm³/mol. The molecule has 0 radical (unpaired) electrons. The van der Waals surface area contributed by atoms with Crippen LogP contribution in [0.3, 0.4) is 0 Å². The largest absolute Gasteiger partial charge is 0.476 e. The SMILES string of the molecule is CC(C)COc1nc(N2CCCC(N(C)C)C2)ccc1N. The number of nitrogens with zero attached hydrogens (tertiary/aromatic N) is 3. The predicted octanol–water partition coefficient (Wildman–Crippen LogP) is 2.23. The molecule has 1 saturated heterocycles. The zero-order valence-electron chi connectivity index (χ0n) is 13.7. The highest BCUT2D eigenvalue weighted by Gasteiger charge is 2.22. The standard InChI is InChI=1S/C16H28N4O/c1-12(2)11-21-16-14(17)7-8-15(18-16)20-9-5-6-13(10-20)19(3)4/h7-8,12-13H,5-6,9-11,17H2,1-4H3. The number of piperidine rings is 1. The van der Waals surface area contributed by atoms with E-state index >= 15 is 0 Å². The molecule has 2 rings (SSSR count). The lowest BCUT2D eigenvalue weighted by molar-refractivity contribution is 0.254. The van der Waals surface area contributed by atoms with Crippen molar-refractivity contribution in [3.63, 3.8) is 0 Å². The number of hydrogen-bond acceptors (Lipinski definition) is 5. The van der Waals surface area contributed by atoms with Crippen LogP contribution in [0.1, 0.15) is 26.7 Å². The third kappa shape index (κ3) is 4.24. The van der Waals surface area contributed by atoms with E-state index in [9.17, 15) is 0 Å². The van der Waals surface area contributed by atoms with E-state index in [4.69, 9.17) is 10.5 Å². The van der Waals surface area contributed by atoms with Crippen molar-refractivity contribution in [1.82, 2.24) is 9.88 Å². The summed E-state index contributed by atoms with van der Waals surface area (Å²) in [5, 5.41) is 0. The minimum Gasteiger partial charge on any atom is -0.476 e. The van der Waals surface area contributed by atoms with Gasteiger partial charge in [0.1, 0.15) is 5.82 Å². The van der Waals surface area contributed by atoms with E-state index in [1.807, 2.05) is 12.1 Å². The molecule has 1 aromatic heterocycles. The average molecular weight is 292 g/mol. The number of likely N-dealkylation sites (N-methyl/N-ethyl adjacent to an activating group) is 1. The van der Waals surface area contributed by atoms with Gasteiger partial charge in [0.05, 0.1) is 12.3 Å². The summed E-state index contributed by atoms with van der Waals surface area (Å²) in [7, 11) is 4.28. The average Bonchev–Trinajstić information content (AvgIpc) is 2.46. The third-order valence-corrected chi connectivity index (χ3v) is 3.88. The van der Waals surface area contributed by atoms with Gasteiger partial charge >= 0.3 is 0 Å². The van der Waals surface area contributed by atoms with E-state index in [2.05, 4.69) is 42.7 Å². The highest BCUT2D eigenvalue weighted by Crippen LogP contribution is 2.26. The first kappa shape index (κ1) is 15.9. The molecular formula is C16H28N4O. The minimum atomic E-state index is 0.461. The Bertz CT molecular complexity index is 462. The van der Waals surface area contributed by atoms with Crippen molar-refractivity contribution in [3.8, 4) is 5.88 Å². The van der Waals surface area contributed by atoms with Crippen LogP contribution in [0.25, 0.3) is 0 Å². The Balaban J connectivity index is 2.10. The fourth-order valence-corrected chi connectivity index (χ4v) is 2.56. The lowest BCUT2D eigenvalue weighted by Crippen LogP contribution is -2.45. The maximum absolute atomic E-state index is 5.97. The van der Waals surface area contributed by atoms with Gasteiger partial charge in [-0.3, -0.25) is 0 Å². The molecule has 2 heterocycles. The molecule has 0 amide bonds. The van der Waals surface area contributed by atoms with Crippen molar-refractivity contribution < 1.29 is 4.74 Å². The summed E-state index contributed by atoms with van der Waals surface area (Å²) in [6.07, 6.45) is 2.44. The summed E-state index contributed by atoms with van der Waals surface area (Å²) in [4.78, 5) is 9.24. The van der Waals surface area contributed by atoms with Crippen LogP contribution in [0, 0.1) is 5.92 Å². The third-order valence-electron chi connectivity index (χ3n) is 3.88. The topological polar surface area (TPSA) is 54.6 Å². The van der Waals surface area contributed by atoms with Gasteiger partial charge < -0.3 is 20.3 Å². The number of nitrogen functional groups attached to an aromatic ring is 1. The van der Waals surface area contributed by atoms with Crippen LogP contribution < -0.4 is 15.4 Å². The van der Waals surface area contributed by atoms with E-state index in [1.165, 1.54) is 12.8 Å². The Morgan fingerprint density at radius 1 is 1.43 bits per heavy atom. The zero-order valence-corrected chi connectivity index (χ0v) is 13.7. The Labute approximate surface area is 128 Å². The van der Waals surface area contributed by atoms with E-state index in [0.717, 1.165) is 18.9 Å². The van der Waals surface area contributed by atoms with E-state index in [0.29, 0.717) is 30.1 Å². The number of rotatable bonds is 5. The lowest BCUT2D eigenvalue weighted by atomic mass is 10.1. The van der Waals surface area contributed by atoms with E-state index in [-0.39, 0.29) is 0 Å². The molecule has 1 aliphatic heterocycles. The molecule has 5 heteroatoms. The van der Waals surface area contributed by atoms with E-state index < -0.39 is 0 Å². The molecule has 0 spiro atoms. The molecule has 0 aromatic carbocycles. The molecule has 1 unspecified atom stereocenters. The molecule has 2 N–H and O–H groups in total. The number of aromatic nitrogens is 1. The first-order valence-electron chi connectivity index (χ1n) is 7.78. The van der Waals surface area contributed by atoms with Crippen LogP contribution in [-0.2, 0) is 0 Å². The van der Waals surface area contributed by atoms with Gasteiger partial charge in [-0.1, -0.05) is 13.8 Å².